The van der Waals surface area contributed by atoms with Crippen LogP contribution in [0.15, 0.2) is 30.3 Å². The normalized spacial score (nSPS) is 10.5. The summed E-state index contributed by atoms with van der Waals surface area (Å²) < 4.78 is 0. The van der Waals surface area contributed by atoms with E-state index in [0.29, 0.717) is 17.1 Å². The van der Waals surface area contributed by atoms with Gasteiger partial charge in [0.1, 0.15) is 0 Å². The smallest absolute Gasteiger partial charge is 0.254 e. The summed E-state index contributed by atoms with van der Waals surface area (Å²) in [6.45, 7) is 4.79. The second-order valence-corrected chi connectivity index (χ2v) is 5.75. The molecule has 0 aliphatic heterocycles. The lowest BCUT2D eigenvalue weighted by Gasteiger charge is -2.08. The number of anilines is 1. The van der Waals surface area contributed by atoms with Crippen molar-refractivity contribution in [2.24, 2.45) is 0 Å². The number of nitrogen functional groups attached to an aromatic ring is 1. The summed E-state index contributed by atoms with van der Waals surface area (Å²) >= 11 is 1.51. The van der Waals surface area contributed by atoms with E-state index in [9.17, 15) is 4.79 Å². The van der Waals surface area contributed by atoms with Crippen molar-refractivity contribution in [2.45, 2.75) is 26.7 Å². The van der Waals surface area contributed by atoms with Crippen LogP contribution in [0.2, 0.25) is 0 Å². The van der Waals surface area contributed by atoms with Crippen molar-refractivity contribution >= 4 is 22.2 Å². The average Bonchev–Trinajstić information content (AvgIpc) is 2.82. The highest BCUT2D eigenvalue weighted by molar-refractivity contribution is 7.17. The Morgan fingerprint density at radius 1 is 1.25 bits per heavy atom. The highest BCUT2D eigenvalue weighted by Crippen LogP contribution is 2.38. The Morgan fingerprint density at radius 2 is 1.95 bits per heavy atom. The van der Waals surface area contributed by atoms with Crippen LogP contribution in [0.1, 0.15) is 35.5 Å². The fourth-order valence-electron chi connectivity index (χ4n) is 2.21. The van der Waals surface area contributed by atoms with E-state index in [-0.39, 0.29) is 5.91 Å². The quantitative estimate of drug-likeness (QED) is 0.881. The fourth-order valence-corrected chi connectivity index (χ4v) is 3.24. The minimum Gasteiger partial charge on any atom is -0.390 e. The molecule has 1 aromatic carbocycles. The van der Waals surface area contributed by atoms with Gasteiger partial charge in [0.05, 0.1) is 10.6 Å². The second-order valence-electron chi connectivity index (χ2n) is 4.61. The number of hydrogen-bond donors (Lipinski definition) is 2. The molecule has 2 rings (SSSR count). The Balaban J connectivity index is 2.51. The molecule has 2 aromatic rings. The van der Waals surface area contributed by atoms with Gasteiger partial charge in [-0.1, -0.05) is 44.2 Å². The summed E-state index contributed by atoms with van der Waals surface area (Å²) in [5, 5.41) is 3.53. The number of nitrogens with one attached hydrogen (secondary N) is 1. The number of rotatable bonds is 5. The monoisotopic (exact) mass is 288 g/mol. The van der Waals surface area contributed by atoms with Gasteiger partial charge in [0.15, 0.2) is 0 Å². The van der Waals surface area contributed by atoms with Crippen molar-refractivity contribution in [1.29, 1.82) is 0 Å². The Kier molecular flexibility index (Phi) is 4.79. The first-order valence-electron chi connectivity index (χ1n) is 6.93. The molecule has 1 heterocycles. The van der Waals surface area contributed by atoms with Crippen molar-refractivity contribution in [3.8, 4) is 11.1 Å². The lowest BCUT2D eigenvalue weighted by molar-refractivity contribution is 0.0955. The Labute approximate surface area is 123 Å². The number of thiophene rings is 1. The second kappa shape index (κ2) is 6.57. The molecule has 3 nitrogen and oxygen atoms in total. The lowest BCUT2D eigenvalue weighted by atomic mass is 10.00. The van der Waals surface area contributed by atoms with Crippen LogP contribution in [0.4, 0.5) is 5.00 Å². The molecule has 20 heavy (non-hydrogen) atoms. The van der Waals surface area contributed by atoms with Gasteiger partial charge in [-0.15, -0.1) is 11.3 Å². The predicted molar refractivity (Wildman–Crippen MR) is 86.2 cm³/mol. The van der Waals surface area contributed by atoms with Crippen molar-refractivity contribution in [2.75, 3.05) is 12.3 Å². The van der Waals surface area contributed by atoms with Gasteiger partial charge in [0.25, 0.3) is 5.91 Å². The van der Waals surface area contributed by atoms with Crippen LogP contribution in [-0.4, -0.2) is 12.5 Å². The van der Waals surface area contributed by atoms with Gasteiger partial charge in [0, 0.05) is 17.0 Å². The summed E-state index contributed by atoms with van der Waals surface area (Å²) in [5.41, 5.74) is 8.76. The molecule has 4 heteroatoms. The van der Waals surface area contributed by atoms with Crippen LogP contribution in [0.3, 0.4) is 0 Å². The summed E-state index contributed by atoms with van der Waals surface area (Å²) in [6.07, 6.45) is 1.79. The van der Waals surface area contributed by atoms with E-state index in [2.05, 4.69) is 12.2 Å². The highest BCUT2D eigenvalue weighted by Gasteiger charge is 2.22. The zero-order valence-corrected chi connectivity index (χ0v) is 12.7. The topological polar surface area (TPSA) is 55.1 Å². The minimum atomic E-state index is -0.0702. The number of nitrogens with two attached hydrogens (primary N) is 1. The molecule has 0 radical (unpaired) electrons. The van der Waals surface area contributed by atoms with E-state index in [1.807, 2.05) is 37.3 Å². The molecule has 0 spiro atoms. The molecule has 0 atom stereocenters. The van der Waals surface area contributed by atoms with E-state index in [4.69, 9.17) is 5.73 Å². The average molecular weight is 288 g/mol. The number of hydrogen-bond acceptors (Lipinski definition) is 3. The van der Waals surface area contributed by atoms with Gasteiger partial charge in [-0.2, -0.15) is 0 Å². The molecule has 106 valence electrons. The fraction of sp³-hybridized carbons (Fsp3) is 0.312. The zero-order chi connectivity index (χ0) is 14.5. The van der Waals surface area contributed by atoms with Crippen LogP contribution >= 0.6 is 11.3 Å². The molecule has 0 saturated carbocycles. The van der Waals surface area contributed by atoms with Crippen LogP contribution in [0, 0.1) is 0 Å². The van der Waals surface area contributed by atoms with Crippen LogP contribution in [0.25, 0.3) is 11.1 Å². The number of aryl methyl sites for hydroxylation is 1. The summed E-state index contributed by atoms with van der Waals surface area (Å²) in [6, 6.07) is 9.99. The molecule has 0 saturated heterocycles. The number of carbonyl (C=O) groups excluding carboxylic acids is 1. The van der Waals surface area contributed by atoms with Crippen molar-refractivity contribution in [3.05, 3.63) is 40.8 Å². The van der Waals surface area contributed by atoms with Gasteiger partial charge in [-0.25, -0.2) is 0 Å². The maximum atomic E-state index is 12.4. The molecule has 1 aromatic heterocycles. The van der Waals surface area contributed by atoms with Gasteiger partial charge >= 0.3 is 0 Å². The van der Waals surface area contributed by atoms with Gasteiger partial charge in [-0.3, -0.25) is 4.79 Å². The maximum Gasteiger partial charge on any atom is 0.254 e. The Hall–Kier alpha value is -1.81. The highest BCUT2D eigenvalue weighted by atomic mass is 32.1. The molecule has 0 aliphatic rings. The number of amides is 1. The van der Waals surface area contributed by atoms with Gasteiger partial charge < -0.3 is 11.1 Å². The van der Waals surface area contributed by atoms with Crippen molar-refractivity contribution in [1.82, 2.24) is 5.32 Å². The van der Waals surface area contributed by atoms with Gasteiger partial charge in [-0.05, 0) is 18.4 Å². The number of carbonyl (C=O) groups is 1. The molecular weight excluding hydrogens is 268 g/mol. The molecule has 3 N–H and O–H groups in total. The van der Waals surface area contributed by atoms with E-state index < -0.39 is 0 Å². The third-order valence-corrected chi connectivity index (χ3v) is 4.32. The molecule has 1 amide bonds. The van der Waals surface area contributed by atoms with Crippen molar-refractivity contribution < 1.29 is 4.79 Å². The SMILES string of the molecule is CCCNC(=O)c1c(N)sc(CC)c1-c1ccccc1. The predicted octanol–water partition coefficient (Wildman–Crippen LogP) is 3.70. The Morgan fingerprint density at radius 3 is 2.55 bits per heavy atom. The first-order chi connectivity index (χ1) is 9.69. The van der Waals surface area contributed by atoms with E-state index in [1.54, 1.807) is 0 Å². The zero-order valence-electron chi connectivity index (χ0n) is 11.9. The van der Waals surface area contributed by atoms with Crippen molar-refractivity contribution in [3.63, 3.8) is 0 Å². The third kappa shape index (κ3) is 2.85. The molecule has 0 unspecified atom stereocenters. The van der Waals surface area contributed by atoms with E-state index in [1.165, 1.54) is 11.3 Å². The molecular formula is C16H20N2OS. The van der Waals surface area contributed by atoms with E-state index in [0.717, 1.165) is 28.8 Å². The molecule has 0 fully saturated rings. The lowest BCUT2D eigenvalue weighted by Crippen LogP contribution is -2.24. The first-order valence-corrected chi connectivity index (χ1v) is 7.75. The number of benzene rings is 1. The minimum absolute atomic E-state index is 0.0702. The van der Waals surface area contributed by atoms with Crippen LogP contribution < -0.4 is 11.1 Å². The van der Waals surface area contributed by atoms with Crippen LogP contribution in [-0.2, 0) is 6.42 Å². The first kappa shape index (κ1) is 14.6. The standard InChI is InChI=1S/C16H20N2OS/c1-3-10-18-16(19)14-13(11-8-6-5-7-9-11)12(4-2)20-15(14)17/h5-9H,3-4,10,17H2,1-2H3,(H,18,19). The molecule has 0 bridgehead atoms. The Bertz CT molecular complexity index is 590. The summed E-state index contributed by atoms with van der Waals surface area (Å²) in [4.78, 5) is 13.5. The van der Waals surface area contributed by atoms with E-state index >= 15 is 0 Å². The van der Waals surface area contributed by atoms with Gasteiger partial charge in [0.2, 0.25) is 0 Å². The third-order valence-electron chi connectivity index (χ3n) is 3.15. The van der Waals surface area contributed by atoms with Crippen LogP contribution in [0.5, 0.6) is 0 Å². The molecule has 0 aliphatic carbocycles. The summed E-state index contributed by atoms with van der Waals surface area (Å²) in [7, 11) is 0. The summed E-state index contributed by atoms with van der Waals surface area (Å²) in [5.74, 6) is -0.0702. The maximum absolute atomic E-state index is 12.4. The largest absolute Gasteiger partial charge is 0.390 e.